The van der Waals surface area contributed by atoms with E-state index < -0.39 is 15.7 Å². The lowest BCUT2D eigenvalue weighted by molar-refractivity contribution is 0.601. The van der Waals surface area contributed by atoms with Crippen LogP contribution in [0.1, 0.15) is 0 Å². The molecule has 4 nitrogen and oxygen atoms in total. The van der Waals surface area contributed by atoms with Gasteiger partial charge >= 0.3 is 0 Å². The van der Waals surface area contributed by atoms with Crippen molar-refractivity contribution in [1.29, 1.82) is 0 Å². The van der Waals surface area contributed by atoms with Crippen molar-refractivity contribution in [2.45, 2.75) is 0 Å². The van der Waals surface area contributed by atoms with Gasteiger partial charge in [0, 0.05) is 25.9 Å². The molecular formula is C10H14ClFN2O2S. The summed E-state index contributed by atoms with van der Waals surface area (Å²) in [5.74, 6) is -0.595. The van der Waals surface area contributed by atoms with Crippen LogP contribution in [0.2, 0.25) is 5.02 Å². The van der Waals surface area contributed by atoms with E-state index in [-0.39, 0.29) is 23.0 Å². The lowest BCUT2D eigenvalue weighted by Crippen LogP contribution is -2.25. The van der Waals surface area contributed by atoms with Gasteiger partial charge in [-0.2, -0.15) is 0 Å². The molecule has 0 bridgehead atoms. The molecule has 1 aromatic carbocycles. The Morgan fingerprint density at radius 3 is 2.59 bits per heavy atom. The van der Waals surface area contributed by atoms with Gasteiger partial charge in [-0.05, 0) is 6.07 Å². The molecule has 2 N–H and O–H groups in total. The van der Waals surface area contributed by atoms with Gasteiger partial charge in [0.1, 0.15) is 15.7 Å². The van der Waals surface area contributed by atoms with E-state index in [2.05, 4.69) is 0 Å². The Morgan fingerprint density at radius 1 is 1.47 bits per heavy atom. The number of sulfone groups is 1. The van der Waals surface area contributed by atoms with Crippen LogP contribution in [0.3, 0.4) is 0 Å². The van der Waals surface area contributed by atoms with Crippen LogP contribution in [0.4, 0.5) is 15.8 Å². The third-order valence-corrected chi connectivity index (χ3v) is 3.49. The maximum atomic E-state index is 13.1. The van der Waals surface area contributed by atoms with Crippen molar-refractivity contribution >= 4 is 32.8 Å². The highest BCUT2D eigenvalue weighted by atomic mass is 35.5. The monoisotopic (exact) mass is 280 g/mol. The van der Waals surface area contributed by atoms with Gasteiger partial charge in [-0.1, -0.05) is 11.6 Å². The Hall–Kier alpha value is -1.01. The van der Waals surface area contributed by atoms with E-state index >= 15 is 0 Å². The first-order chi connectivity index (χ1) is 7.70. The number of benzene rings is 1. The summed E-state index contributed by atoms with van der Waals surface area (Å²) in [6, 6.07) is 2.50. The third-order valence-electron chi connectivity index (χ3n) is 2.28. The van der Waals surface area contributed by atoms with Crippen molar-refractivity contribution in [2.75, 3.05) is 36.2 Å². The van der Waals surface area contributed by atoms with Gasteiger partial charge in [0.25, 0.3) is 0 Å². The van der Waals surface area contributed by atoms with Crippen LogP contribution in [0.15, 0.2) is 12.1 Å². The van der Waals surface area contributed by atoms with Crippen LogP contribution in [0, 0.1) is 5.82 Å². The molecule has 0 radical (unpaired) electrons. The summed E-state index contributed by atoms with van der Waals surface area (Å²) in [4.78, 5) is 1.63. The average molecular weight is 281 g/mol. The Kier molecular flexibility index (Phi) is 4.21. The summed E-state index contributed by atoms with van der Waals surface area (Å²) >= 11 is 5.64. The number of hydrogen-bond acceptors (Lipinski definition) is 4. The Bertz CT molecular complexity index is 519. The van der Waals surface area contributed by atoms with Crippen LogP contribution in [-0.2, 0) is 9.84 Å². The van der Waals surface area contributed by atoms with Crippen molar-refractivity contribution in [3.63, 3.8) is 0 Å². The molecule has 0 spiro atoms. The average Bonchev–Trinajstić information content (AvgIpc) is 2.19. The highest BCUT2D eigenvalue weighted by Gasteiger charge is 2.12. The fourth-order valence-corrected chi connectivity index (χ4v) is 2.07. The molecule has 0 unspecified atom stereocenters. The second-order valence-corrected chi connectivity index (χ2v) is 6.54. The molecule has 0 atom stereocenters. The molecule has 0 aliphatic heterocycles. The van der Waals surface area contributed by atoms with Crippen molar-refractivity contribution in [3.8, 4) is 0 Å². The van der Waals surface area contributed by atoms with Crippen LogP contribution in [-0.4, -0.2) is 34.0 Å². The first-order valence-corrected chi connectivity index (χ1v) is 7.28. The minimum absolute atomic E-state index is 0.00205. The number of hydrogen-bond donors (Lipinski definition) is 1. The van der Waals surface area contributed by atoms with Crippen molar-refractivity contribution in [3.05, 3.63) is 23.0 Å². The second kappa shape index (κ2) is 5.10. The van der Waals surface area contributed by atoms with Crippen LogP contribution >= 0.6 is 11.6 Å². The summed E-state index contributed by atoms with van der Waals surface area (Å²) in [7, 11) is -1.38. The fourth-order valence-electron chi connectivity index (χ4n) is 1.31. The number of nitrogens with zero attached hydrogens (tertiary/aromatic N) is 1. The quantitative estimate of drug-likeness (QED) is 0.850. The highest BCUT2D eigenvalue weighted by molar-refractivity contribution is 7.90. The van der Waals surface area contributed by atoms with E-state index in [0.717, 1.165) is 12.3 Å². The molecular weight excluding hydrogens is 267 g/mol. The summed E-state index contributed by atoms with van der Waals surface area (Å²) in [5, 5.41) is -0.0413. The lowest BCUT2D eigenvalue weighted by Gasteiger charge is -2.21. The Morgan fingerprint density at radius 2 is 2.06 bits per heavy atom. The van der Waals surface area contributed by atoms with Gasteiger partial charge in [0.15, 0.2) is 0 Å². The van der Waals surface area contributed by atoms with Crippen molar-refractivity contribution < 1.29 is 12.8 Å². The Labute approximate surface area is 105 Å². The van der Waals surface area contributed by atoms with E-state index in [1.54, 1.807) is 11.9 Å². The minimum atomic E-state index is -3.05. The topological polar surface area (TPSA) is 63.4 Å². The largest absolute Gasteiger partial charge is 0.397 e. The van der Waals surface area contributed by atoms with Crippen LogP contribution in [0.25, 0.3) is 0 Å². The molecule has 0 saturated carbocycles. The minimum Gasteiger partial charge on any atom is -0.397 e. The maximum absolute atomic E-state index is 13.1. The zero-order chi connectivity index (χ0) is 13.2. The number of nitrogens with two attached hydrogens (primary N) is 1. The molecule has 0 fully saturated rings. The zero-order valence-corrected chi connectivity index (χ0v) is 11.1. The van der Waals surface area contributed by atoms with Gasteiger partial charge in [-0.3, -0.25) is 0 Å². The molecule has 1 aromatic rings. The lowest BCUT2D eigenvalue weighted by atomic mass is 10.2. The molecule has 96 valence electrons. The first-order valence-electron chi connectivity index (χ1n) is 4.84. The summed E-state index contributed by atoms with van der Waals surface area (Å²) in [5.41, 5.74) is 6.38. The summed E-state index contributed by atoms with van der Waals surface area (Å²) in [6.07, 6.45) is 1.15. The number of rotatable bonds is 4. The molecule has 0 aliphatic carbocycles. The second-order valence-electron chi connectivity index (χ2n) is 3.88. The van der Waals surface area contributed by atoms with Gasteiger partial charge in [-0.25, -0.2) is 12.8 Å². The highest BCUT2D eigenvalue weighted by Crippen LogP contribution is 2.28. The normalized spacial score (nSPS) is 11.5. The molecule has 0 aliphatic rings. The van der Waals surface area contributed by atoms with E-state index in [1.807, 2.05) is 0 Å². The summed E-state index contributed by atoms with van der Waals surface area (Å²) < 4.78 is 35.1. The smallest absolute Gasteiger partial charge is 0.149 e. The number of halogens is 2. The van der Waals surface area contributed by atoms with Gasteiger partial charge in [-0.15, -0.1) is 0 Å². The molecule has 7 heteroatoms. The van der Waals surface area contributed by atoms with Crippen molar-refractivity contribution in [1.82, 2.24) is 0 Å². The number of nitrogen functional groups attached to an aromatic ring is 1. The first kappa shape index (κ1) is 14.1. The van der Waals surface area contributed by atoms with E-state index in [0.29, 0.717) is 5.69 Å². The van der Waals surface area contributed by atoms with Gasteiger partial charge in [0.05, 0.1) is 22.2 Å². The number of anilines is 2. The Balaban J connectivity index is 2.89. The van der Waals surface area contributed by atoms with E-state index in [1.165, 1.54) is 6.07 Å². The SMILES string of the molecule is CN(CCS(C)(=O)=O)c1cc(Cl)c(F)cc1N. The molecule has 0 heterocycles. The molecule has 17 heavy (non-hydrogen) atoms. The van der Waals surface area contributed by atoms with E-state index in [9.17, 15) is 12.8 Å². The van der Waals surface area contributed by atoms with Gasteiger partial charge in [0.2, 0.25) is 0 Å². The fraction of sp³-hybridized carbons (Fsp3) is 0.400. The predicted molar refractivity (Wildman–Crippen MR) is 68.8 cm³/mol. The summed E-state index contributed by atoms with van der Waals surface area (Å²) in [6.45, 7) is 0.269. The van der Waals surface area contributed by atoms with Crippen LogP contribution < -0.4 is 10.6 Å². The van der Waals surface area contributed by atoms with Crippen LogP contribution in [0.5, 0.6) is 0 Å². The third kappa shape index (κ3) is 4.05. The predicted octanol–water partition coefficient (Wildman–Crippen LogP) is 1.54. The molecule has 0 saturated heterocycles. The standard InChI is InChI=1S/C10H14ClFN2O2S/c1-14(3-4-17(2,15)16)10-5-7(11)8(12)6-9(10)13/h5-6H,3-4,13H2,1-2H3. The van der Waals surface area contributed by atoms with Gasteiger partial charge < -0.3 is 10.6 Å². The van der Waals surface area contributed by atoms with E-state index in [4.69, 9.17) is 17.3 Å². The molecule has 0 amide bonds. The van der Waals surface area contributed by atoms with Crippen molar-refractivity contribution in [2.24, 2.45) is 0 Å². The molecule has 1 rings (SSSR count). The maximum Gasteiger partial charge on any atom is 0.149 e. The zero-order valence-electron chi connectivity index (χ0n) is 9.57. The molecule has 0 aromatic heterocycles.